The van der Waals surface area contributed by atoms with Gasteiger partial charge in [0, 0.05) is 52.3 Å². The lowest BCUT2D eigenvalue weighted by atomic mass is 9.84. The molecular formula is C25H22F2N6OS. The van der Waals surface area contributed by atoms with E-state index in [1.807, 2.05) is 19.1 Å². The lowest BCUT2D eigenvalue weighted by molar-refractivity contribution is -0.0675. The number of nitrogens with zero attached hydrogens (tertiary/aromatic N) is 6. The molecule has 0 amide bonds. The topological polar surface area (TPSA) is 90.9 Å². The second-order valence-corrected chi connectivity index (χ2v) is 9.78. The fourth-order valence-electron chi connectivity index (χ4n) is 4.58. The van der Waals surface area contributed by atoms with Crippen LogP contribution in [0.1, 0.15) is 28.6 Å². The zero-order valence-corrected chi connectivity index (χ0v) is 19.7. The van der Waals surface area contributed by atoms with Crippen molar-refractivity contribution in [2.24, 2.45) is 0 Å². The van der Waals surface area contributed by atoms with E-state index < -0.39 is 23.3 Å². The number of fused-ring (bicyclic) bond motifs is 1. The summed E-state index contributed by atoms with van der Waals surface area (Å²) in [7, 11) is 0. The van der Waals surface area contributed by atoms with Gasteiger partial charge in [-0.25, -0.2) is 23.4 Å². The number of thiophene rings is 1. The molecule has 7 nitrogen and oxygen atoms in total. The molecule has 3 aromatic heterocycles. The number of aromatic nitrogens is 4. The van der Waals surface area contributed by atoms with Crippen molar-refractivity contribution in [3.63, 3.8) is 0 Å². The SMILES string of the molecule is C[C@@H](N1CCc2sc(-c3ccc(C#N)nc3)cc2C1)[C@](O)(Cn1cncn1)c1ccc(F)cc1F. The van der Waals surface area contributed by atoms with E-state index in [4.69, 9.17) is 5.26 Å². The Morgan fingerprint density at radius 1 is 1.26 bits per heavy atom. The summed E-state index contributed by atoms with van der Waals surface area (Å²) in [6.07, 6.45) is 5.29. The van der Waals surface area contributed by atoms with Crippen LogP contribution < -0.4 is 0 Å². The number of rotatable bonds is 6. The monoisotopic (exact) mass is 492 g/mol. The third kappa shape index (κ3) is 4.46. The van der Waals surface area contributed by atoms with E-state index in [1.54, 1.807) is 23.6 Å². The fraction of sp³-hybridized carbons (Fsp3) is 0.280. The number of hydrogen-bond acceptors (Lipinski definition) is 7. The molecule has 4 heterocycles. The van der Waals surface area contributed by atoms with Gasteiger partial charge < -0.3 is 5.11 Å². The summed E-state index contributed by atoms with van der Waals surface area (Å²) in [6, 6.07) is 10.5. The average Bonchev–Trinajstić information content (AvgIpc) is 3.52. The summed E-state index contributed by atoms with van der Waals surface area (Å²) >= 11 is 1.69. The van der Waals surface area contributed by atoms with E-state index in [0.29, 0.717) is 18.8 Å². The summed E-state index contributed by atoms with van der Waals surface area (Å²) in [5.41, 5.74) is 0.783. The van der Waals surface area contributed by atoms with Crippen LogP contribution in [-0.4, -0.2) is 42.3 Å². The maximum absolute atomic E-state index is 14.9. The molecule has 178 valence electrons. The second kappa shape index (κ2) is 9.26. The van der Waals surface area contributed by atoms with E-state index >= 15 is 0 Å². The molecule has 4 aromatic rings. The Labute approximate surface area is 204 Å². The van der Waals surface area contributed by atoms with Gasteiger partial charge in [0.15, 0.2) is 0 Å². The molecule has 1 aliphatic rings. The molecule has 0 unspecified atom stereocenters. The standard InChI is InChI=1S/C25H22F2N6OS/c1-16(25(34,13-33-15-29-14-31-33)21-5-3-19(26)9-22(21)27)32-7-6-23-18(12-32)8-24(35-23)17-2-4-20(10-28)30-11-17/h2-5,8-9,11,14-16,34H,6-7,12-13H2,1H3/t16-,25-/m1/s1. The van der Waals surface area contributed by atoms with E-state index in [9.17, 15) is 13.9 Å². The zero-order valence-electron chi connectivity index (χ0n) is 18.9. The molecule has 0 fully saturated rings. The number of hydrogen-bond donors (Lipinski definition) is 1. The van der Waals surface area contributed by atoms with E-state index in [0.717, 1.165) is 34.6 Å². The van der Waals surface area contributed by atoms with Gasteiger partial charge in [0.05, 0.1) is 6.54 Å². The van der Waals surface area contributed by atoms with Crippen LogP contribution in [-0.2, 0) is 25.1 Å². The predicted molar refractivity (Wildman–Crippen MR) is 126 cm³/mol. The van der Waals surface area contributed by atoms with Crippen molar-refractivity contribution in [2.45, 2.75) is 38.1 Å². The van der Waals surface area contributed by atoms with Gasteiger partial charge in [0.25, 0.3) is 0 Å². The maximum atomic E-state index is 14.9. The van der Waals surface area contributed by atoms with Crippen LogP contribution in [0, 0.1) is 23.0 Å². The van der Waals surface area contributed by atoms with Crippen molar-refractivity contribution in [2.75, 3.05) is 6.54 Å². The Morgan fingerprint density at radius 3 is 2.80 bits per heavy atom. The molecule has 0 radical (unpaired) electrons. The quantitative estimate of drug-likeness (QED) is 0.439. The fourth-order valence-corrected chi connectivity index (χ4v) is 5.73. The molecule has 35 heavy (non-hydrogen) atoms. The number of benzene rings is 1. The first-order chi connectivity index (χ1) is 16.9. The summed E-state index contributed by atoms with van der Waals surface area (Å²) in [4.78, 5) is 12.5. The minimum absolute atomic E-state index is 0.0161. The second-order valence-electron chi connectivity index (χ2n) is 8.64. The highest BCUT2D eigenvalue weighted by Gasteiger charge is 2.42. The average molecular weight is 493 g/mol. The number of halogens is 2. The van der Waals surface area contributed by atoms with Crippen molar-refractivity contribution in [1.82, 2.24) is 24.6 Å². The third-order valence-electron chi connectivity index (χ3n) is 6.56. The van der Waals surface area contributed by atoms with E-state index in [2.05, 4.69) is 26.0 Å². The Balaban J connectivity index is 1.44. The van der Waals surface area contributed by atoms with Crippen LogP contribution in [0.4, 0.5) is 8.78 Å². The maximum Gasteiger partial charge on any atom is 0.140 e. The highest BCUT2D eigenvalue weighted by molar-refractivity contribution is 7.15. The van der Waals surface area contributed by atoms with Crippen molar-refractivity contribution in [3.05, 3.63) is 88.6 Å². The lowest BCUT2D eigenvalue weighted by Gasteiger charge is -2.42. The molecule has 0 aliphatic carbocycles. The first-order valence-electron chi connectivity index (χ1n) is 11.1. The van der Waals surface area contributed by atoms with E-state index in [-0.39, 0.29) is 12.1 Å². The Morgan fingerprint density at radius 2 is 2.11 bits per heavy atom. The molecule has 2 atom stereocenters. The largest absolute Gasteiger partial charge is 0.381 e. The van der Waals surface area contributed by atoms with E-state index in [1.165, 1.54) is 28.3 Å². The van der Waals surface area contributed by atoms with Gasteiger partial charge in [0.1, 0.15) is 41.7 Å². The molecule has 0 spiro atoms. The molecule has 0 saturated carbocycles. The predicted octanol–water partition coefficient (Wildman–Crippen LogP) is 3.89. The molecule has 0 bridgehead atoms. The van der Waals surface area contributed by atoms with Gasteiger partial charge in [-0.3, -0.25) is 4.90 Å². The Bertz CT molecular complexity index is 1380. The summed E-state index contributed by atoms with van der Waals surface area (Å²) < 4.78 is 30.0. The molecular weight excluding hydrogens is 470 g/mol. The van der Waals surface area contributed by atoms with Crippen molar-refractivity contribution >= 4 is 11.3 Å². The van der Waals surface area contributed by atoms with Gasteiger partial charge in [-0.2, -0.15) is 10.4 Å². The normalized spacial score (nSPS) is 16.3. The van der Waals surface area contributed by atoms with Crippen LogP contribution in [0.2, 0.25) is 0 Å². The van der Waals surface area contributed by atoms with Gasteiger partial charge in [0.2, 0.25) is 0 Å². The molecule has 5 rings (SSSR count). The number of nitriles is 1. The molecule has 1 aliphatic heterocycles. The van der Waals surface area contributed by atoms with Crippen LogP contribution in [0.3, 0.4) is 0 Å². The molecule has 1 aromatic carbocycles. The Kier molecular flexibility index (Phi) is 6.15. The van der Waals surface area contributed by atoms with Gasteiger partial charge in [-0.15, -0.1) is 11.3 Å². The van der Waals surface area contributed by atoms with Crippen LogP contribution in [0.5, 0.6) is 0 Å². The Hall–Kier alpha value is -3.52. The smallest absolute Gasteiger partial charge is 0.140 e. The molecule has 0 saturated heterocycles. The minimum atomic E-state index is -1.68. The first kappa shape index (κ1) is 23.2. The van der Waals surface area contributed by atoms with Gasteiger partial charge in [-0.1, -0.05) is 6.07 Å². The van der Waals surface area contributed by atoms with Crippen molar-refractivity contribution < 1.29 is 13.9 Å². The highest BCUT2D eigenvalue weighted by Crippen LogP contribution is 2.38. The summed E-state index contributed by atoms with van der Waals surface area (Å²) in [6.45, 7) is 3.05. The van der Waals surface area contributed by atoms with Crippen molar-refractivity contribution in [3.8, 4) is 16.5 Å². The third-order valence-corrected chi connectivity index (χ3v) is 7.85. The van der Waals surface area contributed by atoms with Crippen molar-refractivity contribution in [1.29, 1.82) is 5.26 Å². The number of pyridine rings is 1. The van der Waals surface area contributed by atoms with Crippen LogP contribution in [0.15, 0.2) is 55.2 Å². The van der Waals surface area contributed by atoms with Gasteiger partial charge in [-0.05, 0) is 43.2 Å². The molecule has 1 N–H and O–H groups in total. The minimum Gasteiger partial charge on any atom is -0.381 e. The lowest BCUT2D eigenvalue weighted by Crippen LogP contribution is -2.53. The summed E-state index contributed by atoms with van der Waals surface area (Å²) in [5, 5.41) is 25.0. The highest BCUT2D eigenvalue weighted by atomic mass is 32.1. The molecule has 10 heteroatoms. The van der Waals surface area contributed by atoms with Gasteiger partial charge >= 0.3 is 0 Å². The van der Waals surface area contributed by atoms with Crippen LogP contribution in [0.25, 0.3) is 10.4 Å². The number of aliphatic hydroxyl groups is 1. The van der Waals surface area contributed by atoms with Crippen LogP contribution >= 0.6 is 11.3 Å². The first-order valence-corrected chi connectivity index (χ1v) is 11.9. The zero-order chi connectivity index (χ0) is 24.6. The summed E-state index contributed by atoms with van der Waals surface area (Å²) in [5.74, 6) is -1.50.